The summed E-state index contributed by atoms with van der Waals surface area (Å²) in [6, 6.07) is 8.43. The smallest absolute Gasteiger partial charge is 0.145 e. The van der Waals surface area contributed by atoms with Crippen LogP contribution in [-0.4, -0.2) is 15.3 Å². The first-order valence-corrected chi connectivity index (χ1v) is 7.78. The maximum Gasteiger partial charge on any atom is 0.145 e. The molecule has 1 aromatic heterocycles. The molecule has 0 saturated carbocycles. The maximum absolute atomic E-state index is 13.7. The fourth-order valence-corrected chi connectivity index (χ4v) is 2.96. The molecule has 0 spiro atoms. The van der Waals surface area contributed by atoms with Gasteiger partial charge in [-0.25, -0.2) is 4.39 Å². The number of benzene rings is 2. The summed E-state index contributed by atoms with van der Waals surface area (Å²) in [6.45, 7) is 6.32. The van der Waals surface area contributed by atoms with E-state index >= 15 is 0 Å². The number of H-pyrrole nitrogens is 1. The molecule has 0 bridgehead atoms. The van der Waals surface area contributed by atoms with E-state index in [-0.39, 0.29) is 16.2 Å². The van der Waals surface area contributed by atoms with E-state index in [2.05, 4.69) is 31.0 Å². The van der Waals surface area contributed by atoms with Crippen molar-refractivity contribution in [3.8, 4) is 5.75 Å². The van der Waals surface area contributed by atoms with Crippen LogP contribution < -0.4 is 0 Å². The van der Waals surface area contributed by atoms with Gasteiger partial charge in [0.2, 0.25) is 0 Å². The number of nitrogens with one attached hydrogen (secondary N) is 1. The second kappa shape index (κ2) is 5.53. The fourth-order valence-electron chi connectivity index (χ4n) is 2.78. The number of aromatic hydroxyl groups is 1. The Morgan fingerprint density at radius 2 is 1.96 bits per heavy atom. The maximum atomic E-state index is 13.7. The van der Waals surface area contributed by atoms with Gasteiger partial charge in [-0.15, -0.1) is 0 Å². The van der Waals surface area contributed by atoms with Gasteiger partial charge in [0.15, 0.2) is 0 Å². The van der Waals surface area contributed by atoms with Crippen LogP contribution in [0.1, 0.15) is 37.6 Å². The molecule has 0 amide bonds. The van der Waals surface area contributed by atoms with Gasteiger partial charge < -0.3 is 5.11 Å². The molecule has 0 radical (unpaired) electrons. The van der Waals surface area contributed by atoms with Crippen LogP contribution >= 0.6 is 11.6 Å². The highest BCUT2D eigenvalue weighted by Crippen LogP contribution is 2.32. The van der Waals surface area contributed by atoms with E-state index in [1.54, 1.807) is 0 Å². The summed E-state index contributed by atoms with van der Waals surface area (Å²) in [6.07, 6.45) is 0.410. The van der Waals surface area contributed by atoms with Crippen molar-refractivity contribution < 1.29 is 9.50 Å². The summed E-state index contributed by atoms with van der Waals surface area (Å²) in [5.41, 5.74) is 3.33. The van der Waals surface area contributed by atoms with Crippen LogP contribution in [0.3, 0.4) is 0 Å². The number of para-hydroxylation sites is 1. The first-order valence-electron chi connectivity index (χ1n) is 7.40. The number of aromatic amines is 1. The number of phenolic OH excluding ortho intramolecular Hbond substituents is 1. The molecule has 1 heterocycles. The lowest BCUT2D eigenvalue weighted by atomic mass is 9.89. The quantitative estimate of drug-likeness (QED) is 0.697. The van der Waals surface area contributed by atoms with Crippen molar-refractivity contribution in [2.45, 2.75) is 32.6 Å². The van der Waals surface area contributed by atoms with Gasteiger partial charge >= 0.3 is 0 Å². The Balaban J connectivity index is 2.10. The molecule has 0 aliphatic heterocycles. The second-order valence-electron chi connectivity index (χ2n) is 6.74. The number of fused-ring (bicyclic) bond motifs is 1. The van der Waals surface area contributed by atoms with E-state index in [1.807, 2.05) is 18.2 Å². The van der Waals surface area contributed by atoms with Crippen LogP contribution in [0.2, 0.25) is 5.02 Å². The van der Waals surface area contributed by atoms with E-state index in [1.165, 1.54) is 6.07 Å². The highest BCUT2D eigenvalue weighted by atomic mass is 35.5. The zero-order valence-electron chi connectivity index (χ0n) is 13.2. The summed E-state index contributed by atoms with van der Waals surface area (Å²) in [5.74, 6) is -0.747. The Morgan fingerprint density at radius 3 is 2.65 bits per heavy atom. The zero-order valence-corrected chi connectivity index (χ0v) is 14.0. The molecule has 0 atom stereocenters. The molecule has 3 aromatic rings. The standard InChI is InChI=1S/C18H18ClFN2O/c1-18(2,3)17-13-6-4-5-10(16(13)21-22-17)7-11-8-12(23)9-14(20)15(11)19/h4-6,8-9,23H,7H2,1-3H3,(H,21,22). The molecule has 0 unspecified atom stereocenters. The minimum absolute atomic E-state index is 0.0374. The lowest BCUT2D eigenvalue weighted by molar-refractivity contribution is 0.468. The Kier molecular flexibility index (Phi) is 3.80. The summed E-state index contributed by atoms with van der Waals surface area (Å²) in [7, 11) is 0. The average molecular weight is 333 g/mol. The molecular formula is C18H18ClFN2O. The van der Waals surface area contributed by atoms with Gasteiger partial charge in [0.05, 0.1) is 16.2 Å². The van der Waals surface area contributed by atoms with Gasteiger partial charge in [0, 0.05) is 23.3 Å². The molecule has 2 aromatic carbocycles. The van der Waals surface area contributed by atoms with Crippen molar-refractivity contribution in [1.29, 1.82) is 0 Å². The fraction of sp³-hybridized carbons (Fsp3) is 0.278. The van der Waals surface area contributed by atoms with Crippen LogP contribution in [-0.2, 0) is 11.8 Å². The number of phenols is 1. The lowest BCUT2D eigenvalue weighted by Crippen LogP contribution is -2.11. The monoisotopic (exact) mass is 332 g/mol. The highest BCUT2D eigenvalue weighted by molar-refractivity contribution is 6.31. The SMILES string of the molecule is CC(C)(C)c1n[nH]c2c(Cc3cc(O)cc(F)c3Cl)cccc12. The largest absolute Gasteiger partial charge is 0.508 e. The Bertz CT molecular complexity index is 881. The van der Waals surface area contributed by atoms with Gasteiger partial charge in [0.1, 0.15) is 11.6 Å². The molecule has 3 rings (SSSR count). The normalized spacial score (nSPS) is 12.0. The van der Waals surface area contributed by atoms with Gasteiger partial charge in [-0.3, -0.25) is 5.10 Å². The number of hydrogen-bond donors (Lipinski definition) is 2. The Hall–Kier alpha value is -2.07. The molecule has 0 fully saturated rings. The molecular weight excluding hydrogens is 315 g/mol. The number of hydrogen-bond acceptors (Lipinski definition) is 2. The van der Waals surface area contributed by atoms with Crippen molar-refractivity contribution in [1.82, 2.24) is 10.2 Å². The Labute approximate surface area is 139 Å². The molecule has 3 nitrogen and oxygen atoms in total. The van der Waals surface area contributed by atoms with E-state index in [9.17, 15) is 9.50 Å². The number of halogens is 2. The summed E-state index contributed by atoms with van der Waals surface area (Å²) in [4.78, 5) is 0. The van der Waals surface area contributed by atoms with Crippen molar-refractivity contribution in [3.63, 3.8) is 0 Å². The predicted molar refractivity (Wildman–Crippen MR) is 90.7 cm³/mol. The summed E-state index contributed by atoms with van der Waals surface area (Å²) >= 11 is 6.03. The zero-order chi connectivity index (χ0) is 16.8. The van der Waals surface area contributed by atoms with Crippen molar-refractivity contribution in [3.05, 3.63) is 58.0 Å². The predicted octanol–water partition coefficient (Wildman–Crippen LogP) is 4.95. The van der Waals surface area contributed by atoms with Crippen molar-refractivity contribution in [2.75, 3.05) is 0 Å². The minimum Gasteiger partial charge on any atom is -0.508 e. The van der Waals surface area contributed by atoms with Gasteiger partial charge in [-0.1, -0.05) is 50.6 Å². The molecule has 0 saturated heterocycles. The summed E-state index contributed by atoms with van der Waals surface area (Å²) in [5, 5.41) is 18.2. The molecule has 5 heteroatoms. The van der Waals surface area contributed by atoms with Crippen LogP contribution in [0.25, 0.3) is 10.9 Å². The van der Waals surface area contributed by atoms with Gasteiger partial charge in [-0.2, -0.15) is 5.10 Å². The third-order valence-electron chi connectivity index (χ3n) is 3.87. The van der Waals surface area contributed by atoms with E-state index in [0.717, 1.165) is 28.2 Å². The van der Waals surface area contributed by atoms with E-state index < -0.39 is 5.82 Å². The van der Waals surface area contributed by atoms with Crippen LogP contribution in [0.15, 0.2) is 30.3 Å². The number of nitrogens with zero attached hydrogens (tertiary/aromatic N) is 1. The molecule has 0 aliphatic rings. The number of rotatable bonds is 2. The second-order valence-corrected chi connectivity index (χ2v) is 7.12. The molecule has 0 aliphatic carbocycles. The number of aromatic nitrogens is 2. The third kappa shape index (κ3) is 2.91. The average Bonchev–Trinajstić information content (AvgIpc) is 2.89. The van der Waals surface area contributed by atoms with Gasteiger partial charge in [-0.05, 0) is 17.2 Å². The van der Waals surface area contributed by atoms with Crippen molar-refractivity contribution >= 4 is 22.5 Å². The van der Waals surface area contributed by atoms with Crippen molar-refractivity contribution in [2.24, 2.45) is 0 Å². The van der Waals surface area contributed by atoms with Crippen LogP contribution in [0, 0.1) is 5.82 Å². The third-order valence-corrected chi connectivity index (χ3v) is 4.29. The molecule has 120 valence electrons. The molecule has 23 heavy (non-hydrogen) atoms. The van der Waals surface area contributed by atoms with E-state index in [4.69, 9.17) is 11.6 Å². The van der Waals surface area contributed by atoms with Gasteiger partial charge in [0.25, 0.3) is 0 Å². The molecule has 2 N–H and O–H groups in total. The topological polar surface area (TPSA) is 48.9 Å². The van der Waals surface area contributed by atoms with Crippen LogP contribution in [0.4, 0.5) is 4.39 Å². The van der Waals surface area contributed by atoms with Crippen LogP contribution in [0.5, 0.6) is 5.75 Å². The minimum atomic E-state index is -0.617. The first kappa shape index (κ1) is 15.8. The van der Waals surface area contributed by atoms with E-state index in [0.29, 0.717) is 12.0 Å². The highest BCUT2D eigenvalue weighted by Gasteiger charge is 2.21. The first-order chi connectivity index (χ1) is 10.8. The lowest BCUT2D eigenvalue weighted by Gasteiger charge is -2.15. The summed E-state index contributed by atoms with van der Waals surface area (Å²) < 4.78 is 13.7. The Morgan fingerprint density at radius 1 is 1.22 bits per heavy atom.